The summed E-state index contributed by atoms with van der Waals surface area (Å²) in [4.78, 5) is 59.7. The monoisotopic (exact) mass is 721 g/mol. The van der Waals surface area contributed by atoms with Crippen LogP contribution in [-0.2, 0) is 33.4 Å². The van der Waals surface area contributed by atoms with Crippen molar-refractivity contribution in [1.82, 2.24) is 10.2 Å². The minimum Gasteiger partial charge on any atom is -0.455 e. The smallest absolute Gasteiger partial charge is 0.313 e. The molecule has 3 fully saturated rings. The van der Waals surface area contributed by atoms with Gasteiger partial charge in [0.1, 0.15) is 17.7 Å². The lowest BCUT2D eigenvalue weighted by atomic mass is 9.70. The number of fused-ring (bicyclic) bond motifs is 1. The van der Waals surface area contributed by atoms with E-state index in [0.29, 0.717) is 54.8 Å². The van der Waals surface area contributed by atoms with Gasteiger partial charge >= 0.3 is 5.97 Å². The van der Waals surface area contributed by atoms with Gasteiger partial charge in [-0.2, -0.15) is 0 Å². The third-order valence-corrected chi connectivity index (χ3v) is 10.3. The summed E-state index contributed by atoms with van der Waals surface area (Å²) in [5, 5.41) is 12.9. The highest BCUT2D eigenvalue weighted by Gasteiger charge is 2.75. The molecule has 0 saturated carbocycles. The first-order valence-electron chi connectivity index (χ1n) is 17.6. The van der Waals surface area contributed by atoms with Crippen molar-refractivity contribution in [1.29, 1.82) is 0 Å². The van der Waals surface area contributed by atoms with E-state index in [-0.39, 0.29) is 50.4 Å². The van der Waals surface area contributed by atoms with E-state index in [4.69, 9.17) is 25.8 Å². The van der Waals surface area contributed by atoms with Gasteiger partial charge in [-0.15, -0.1) is 13.2 Å². The molecule has 11 nitrogen and oxygen atoms in total. The molecule has 1 spiro atoms. The zero-order valence-corrected chi connectivity index (χ0v) is 29.8. The van der Waals surface area contributed by atoms with Crippen LogP contribution in [0.1, 0.15) is 56.6 Å². The van der Waals surface area contributed by atoms with Gasteiger partial charge < -0.3 is 34.4 Å². The number of benzene rings is 2. The number of ether oxygens (including phenoxy) is 3. The zero-order chi connectivity index (χ0) is 36.5. The number of likely N-dealkylation sites (tertiary alicyclic amines) is 1. The van der Waals surface area contributed by atoms with Crippen LogP contribution < -0.4 is 10.2 Å². The molecule has 3 aliphatic heterocycles. The summed E-state index contributed by atoms with van der Waals surface area (Å²) in [7, 11) is 1.50. The maximum absolute atomic E-state index is 14.7. The topological polar surface area (TPSA) is 135 Å². The molecular formula is C39H48ClN3O8. The van der Waals surface area contributed by atoms with E-state index in [9.17, 15) is 24.3 Å². The molecule has 12 heteroatoms. The Morgan fingerprint density at radius 1 is 1.12 bits per heavy atom. The van der Waals surface area contributed by atoms with Crippen LogP contribution in [0, 0.1) is 11.8 Å². The number of aliphatic hydroxyl groups excluding tert-OH is 1. The Kier molecular flexibility index (Phi) is 13.1. The predicted molar refractivity (Wildman–Crippen MR) is 193 cm³/mol. The summed E-state index contributed by atoms with van der Waals surface area (Å²) < 4.78 is 18.4. The summed E-state index contributed by atoms with van der Waals surface area (Å²) in [5.74, 6) is -3.48. The fourth-order valence-corrected chi connectivity index (χ4v) is 7.98. The summed E-state index contributed by atoms with van der Waals surface area (Å²) in [5.41, 5.74) is -0.0151. The van der Waals surface area contributed by atoms with Crippen molar-refractivity contribution in [2.45, 2.75) is 74.8 Å². The van der Waals surface area contributed by atoms with E-state index in [1.807, 2.05) is 30.3 Å². The van der Waals surface area contributed by atoms with Crippen LogP contribution in [0.4, 0.5) is 5.69 Å². The second kappa shape index (κ2) is 17.5. The van der Waals surface area contributed by atoms with Crippen LogP contribution in [0.25, 0.3) is 0 Å². The number of anilines is 1. The minimum atomic E-state index is -1.25. The molecule has 3 saturated heterocycles. The van der Waals surface area contributed by atoms with Gasteiger partial charge in [0.2, 0.25) is 11.8 Å². The van der Waals surface area contributed by atoms with E-state index in [1.165, 1.54) is 7.11 Å². The molecule has 2 aromatic rings. The van der Waals surface area contributed by atoms with Gasteiger partial charge in [0.25, 0.3) is 5.91 Å². The fourth-order valence-electron chi connectivity index (χ4n) is 7.86. The molecule has 3 amide bonds. The van der Waals surface area contributed by atoms with Gasteiger partial charge in [0, 0.05) is 43.9 Å². The predicted octanol–water partition coefficient (Wildman–Crippen LogP) is 4.78. The van der Waals surface area contributed by atoms with Crippen molar-refractivity contribution in [3.63, 3.8) is 0 Å². The number of carbonyl (C=O) groups excluding carboxylic acids is 4. The average molecular weight is 722 g/mol. The van der Waals surface area contributed by atoms with Crippen LogP contribution >= 0.6 is 11.6 Å². The SMILES string of the molecule is C=CCCC(=O)N[C@@H](COC)[C@@H](OC(=O)[C@@H]1[C@@H]2CC[C@]3(O2)[C@H](C(=O)N(CC=C)c2ccc(Cl)cc2)N(CCCCCO)C(=O)[C@@H]13)c1ccccc1. The maximum Gasteiger partial charge on any atom is 0.313 e. The molecule has 0 unspecified atom stereocenters. The number of allylic oxidation sites excluding steroid dienone is 1. The van der Waals surface area contributed by atoms with Crippen LogP contribution in [-0.4, -0.2) is 90.9 Å². The molecule has 2 N–H and O–H groups in total. The van der Waals surface area contributed by atoms with Crippen molar-refractivity contribution in [2.24, 2.45) is 11.8 Å². The Hall–Kier alpha value is -4.03. The van der Waals surface area contributed by atoms with E-state index in [2.05, 4.69) is 18.5 Å². The number of amides is 3. The number of rotatable bonds is 19. The van der Waals surface area contributed by atoms with Gasteiger partial charge in [0.05, 0.1) is 30.6 Å². The van der Waals surface area contributed by atoms with Gasteiger partial charge in [-0.3, -0.25) is 19.2 Å². The summed E-state index contributed by atoms with van der Waals surface area (Å²) in [6.07, 6.45) is 5.03. The number of nitrogens with zero attached hydrogens (tertiary/aromatic N) is 2. The lowest BCUT2D eigenvalue weighted by Gasteiger charge is -2.37. The minimum absolute atomic E-state index is 0.0204. The summed E-state index contributed by atoms with van der Waals surface area (Å²) in [6, 6.07) is 14.2. The van der Waals surface area contributed by atoms with Gasteiger partial charge in [-0.1, -0.05) is 54.1 Å². The highest BCUT2D eigenvalue weighted by atomic mass is 35.5. The highest BCUT2D eigenvalue weighted by molar-refractivity contribution is 6.30. The van der Waals surface area contributed by atoms with Crippen LogP contribution in [0.5, 0.6) is 0 Å². The van der Waals surface area contributed by atoms with E-state index < -0.39 is 47.7 Å². The number of hydrogen-bond acceptors (Lipinski definition) is 8. The normalized spacial score (nSPS) is 24.5. The van der Waals surface area contributed by atoms with E-state index in [0.717, 1.165) is 0 Å². The second-order valence-electron chi connectivity index (χ2n) is 13.3. The number of methoxy groups -OCH3 is 1. The summed E-state index contributed by atoms with van der Waals surface area (Å²) >= 11 is 6.16. The Bertz CT molecular complexity index is 1560. The molecule has 7 atom stereocenters. The number of nitrogens with one attached hydrogen (secondary N) is 1. The molecule has 5 rings (SSSR count). The van der Waals surface area contributed by atoms with Crippen molar-refractivity contribution >= 4 is 41.0 Å². The quantitative estimate of drug-likeness (QED) is 0.120. The second-order valence-corrected chi connectivity index (χ2v) is 13.7. The zero-order valence-electron chi connectivity index (χ0n) is 29.1. The molecular weight excluding hydrogens is 674 g/mol. The first-order valence-corrected chi connectivity index (χ1v) is 18.0. The summed E-state index contributed by atoms with van der Waals surface area (Å²) in [6.45, 7) is 8.06. The Balaban J connectivity index is 1.48. The maximum atomic E-state index is 14.7. The first kappa shape index (κ1) is 38.2. The molecule has 274 valence electrons. The standard InChI is InChI=1S/C39H48ClN3O8/c1-4-6-15-31(45)41-29(25-49-3)34(26-13-9-7-10-14-26)50-38(48)32-30-20-21-39(51-30)33(32)36(46)43(23-11-8-12-24-44)35(39)37(47)42(22-5-2)28-18-16-27(40)17-19-28/h4-5,7,9-10,13-14,16-19,29-30,32-35,44H,1-2,6,8,11-12,15,20-25H2,3H3,(H,41,45)/t29-,30-,32+,33+,34-,35-,39+/m0/s1. The Morgan fingerprint density at radius 3 is 2.53 bits per heavy atom. The number of aliphatic hydroxyl groups is 1. The molecule has 2 bridgehead atoms. The van der Waals surface area contributed by atoms with Gasteiger partial charge in [-0.25, -0.2) is 0 Å². The van der Waals surface area contributed by atoms with Crippen molar-refractivity contribution in [3.8, 4) is 0 Å². The first-order chi connectivity index (χ1) is 24.7. The lowest BCUT2D eigenvalue weighted by molar-refractivity contribution is -0.163. The van der Waals surface area contributed by atoms with E-state index >= 15 is 0 Å². The Morgan fingerprint density at radius 2 is 1.86 bits per heavy atom. The van der Waals surface area contributed by atoms with Crippen molar-refractivity contribution in [2.75, 3.05) is 38.3 Å². The average Bonchev–Trinajstić information content (AvgIpc) is 3.78. The largest absolute Gasteiger partial charge is 0.455 e. The molecule has 51 heavy (non-hydrogen) atoms. The third-order valence-electron chi connectivity index (χ3n) is 10.1. The fraction of sp³-hybridized carbons (Fsp3) is 0.487. The Labute approximate surface area is 304 Å². The van der Waals surface area contributed by atoms with Crippen LogP contribution in [0.3, 0.4) is 0 Å². The number of carbonyl (C=O) groups is 4. The number of hydrogen-bond donors (Lipinski definition) is 2. The van der Waals surface area contributed by atoms with Crippen molar-refractivity contribution in [3.05, 3.63) is 90.5 Å². The molecule has 0 aliphatic carbocycles. The van der Waals surface area contributed by atoms with Gasteiger partial charge in [-0.05, 0) is 68.4 Å². The number of unbranched alkanes of at least 4 members (excludes halogenated alkanes) is 2. The van der Waals surface area contributed by atoms with Gasteiger partial charge in [0.15, 0.2) is 0 Å². The molecule has 2 aromatic carbocycles. The molecule has 3 aliphatic rings. The van der Waals surface area contributed by atoms with Crippen molar-refractivity contribution < 1.29 is 38.5 Å². The van der Waals surface area contributed by atoms with Crippen LogP contribution in [0.15, 0.2) is 79.9 Å². The van der Waals surface area contributed by atoms with Crippen LogP contribution in [0.2, 0.25) is 5.02 Å². The van der Waals surface area contributed by atoms with E-state index in [1.54, 1.807) is 46.2 Å². The number of halogens is 1. The lowest BCUT2D eigenvalue weighted by Crippen LogP contribution is -2.56. The highest BCUT2D eigenvalue weighted by Crippen LogP contribution is 2.59. The molecule has 0 aromatic heterocycles. The third kappa shape index (κ3) is 8.07. The molecule has 3 heterocycles. The number of esters is 1. The molecule has 0 radical (unpaired) electrons.